The lowest BCUT2D eigenvalue weighted by molar-refractivity contribution is 0.495. The van der Waals surface area contributed by atoms with E-state index in [4.69, 9.17) is 16.0 Å². The fourth-order valence-electron chi connectivity index (χ4n) is 2.05. The number of hydrogen-bond acceptors (Lipinski definition) is 3. The molecule has 1 atom stereocenters. The zero-order valence-corrected chi connectivity index (χ0v) is 11.4. The van der Waals surface area contributed by atoms with Crippen LogP contribution in [0.4, 0.5) is 0 Å². The van der Waals surface area contributed by atoms with E-state index >= 15 is 0 Å². The van der Waals surface area contributed by atoms with Crippen LogP contribution in [-0.4, -0.2) is 7.05 Å². The van der Waals surface area contributed by atoms with Gasteiger partial charge in [0.05, 0.1) is 4.34 Å². The third kappa shape index (κ3) is 2.05. The van der Waals surface area contributed by atoms with Crippen LogP contribution in [0.25, 0.3) is 11.0 Å². The summed E-state index contributed by atoms with van der Waals surface area (Å²) in [6, 6.07) is 14.1. The highest BCUT2D eigenvalue weighted by molar-refractivity contribution is 7.16. The van der Waals surface area contributed by atoms with Gasteiger partial charge in [-0.25, -0.2) is 0 Å². The number of furan rings is 1. The highest BCUT2D eigenvalue weighted by atomic mass is 35.5. The minimum Gasteiger partial charge on any atom is -0.459 e. The number of fused-ring (bicyclic) bond motifs is 1. The smallest absolute Gasteiger partial charge is 0.134 e. The summed E-state index contributed by atoms with van der Waals surface area (Å²) < 4.78 is 6.68. The summed E-state index contributed by atoms with van der Waals surface area (Å²) in [6.45, 7) is 0. The standard InChI is InChI=1S/C14H12ClNOS/c1-16-14(12-6-7-13(15)18-12)11-8-9-4-2-3-5-10(9)17-11/h2-8,14,16H,1H3. The maximum atomic E-state index is 5.99. The van der Waals surface area contributed by atoms with E-state index in [9.17, 15) is 0 Å². The summed E-state index contributed by atoms with van der Waals surface area (Å²) in [4.78, 5) is 1.15. The number of thiophene rings is 1. The first-order chi connectivity index (χ1) is 8.78. The zero-order valence-electron chi connectivity index (χ0n) is 9.81. The molecular formula is C14H12ClNOS. The van der Waals surface area contributed by atoms with Gasteiger partial charge >= 0.3 is 0 Å². The number of para-hydroxylation sites is 1. The van der Waals surface area contributed by atoms with Crippen molar-refractivity contribution in [3.8, 4) is 0 Å². The average molecular weight is 278 g/mol. The van der Waals surface area contributed by atoms with Crippen LogP contribution in [0.15, 0.2) is 46.9 Å². The van der Waals surface area contributed by atoms with E-state index in [0.29, 0.717) is 0 Å². The molecule has 18 heavy (non-hydrogen) atoms. The number of hydrogen-bond donors (Lipinski definition) is 1. The quantitative estimate of drug-likeness (QED) is 0.765. The van der Waals surface area contributed by atoms with Crippen LogP contribution in [0.5, 0.6) is 0 Å². The summed E-state index contributed by atoms with van der Waals surface area (Å²) in [7, 11) is 1.92. The summed E-state index contributed by atoms with van der Waals surface area (Å²) in [5.41, 5.74) is 0.912. The molecule has 2 aromatic heterocycles. The van der Waals surface area contributed by atoms with Gasteiger partial charge in [0.25, 0.3) is 0 Å². The van der Waals surface area contributed by atoms with Crippen molar-refractivity contribution >= 4 is 33.9 Å². The topological polar surface area (TPSA) is 25.2 Å². The molecule has 1 unspecified atom stereocenters. The van der Waals surface area contributed by atoms with Crippen LogP contribution in [0.1, 0.15) is 16.7 Å². The lowest BCUT2D eigenvalue weighted by Crippen LogP contribution is -2.15. The molecule has 0 fully saturated rings. The molecule has 0 bridgehead atoms. The SMILES string of the molecule is CNC(c1cc2ccccc2o1)c1ccc(Cl)s1. The van der Waals surface area contributed by atoms with Gasteiger partial charge in [-0.15, -0.1) is 11.3 Å². The summed E-state index contributed by atoms with van der Waals surface area (Å²) in [5, 5.41) is 4.39. The molecule has 2 nitrogen and oxygen atoms in total. The Morgan fingerprint density at radius 1 is 1.22 bits per heavy atom. The first kappa shape index (κ1) is 11.8. The zero-order chi connectivity index (χ0) is 12.5. The predicted molar refractivity (Wildman–Crippen MR) is 76.4 cm³/mol. The molecule has 0 aliphatic rings. The molecule has 0 saturated carbocycles. The van der Waals surface area contributed by atoms with Crippen molar-refractivity contribution in [2.75, 3.05) is 7.05 Å². The molecule has 4 heteroatoms. The summed E-state index contributed by atoms with van der Waals surface area (Å²) in [6.07, 6.45) is 0. The van der Waals surface area contributed by atoms with E-state index in [1.54, 1.807) is 11.3 Å². The Bertz CT molecular complexity index is 640. The maximum Gasteiger partial charge on any atom is 0.134 e. The van der Waals surface area contributed by atoms with E-state index in [-0.39, 0.29) is 6.04 Å². The van der Waals surface area contributed by atoms with Crippen molar-refractivity contribution in [3.05, 3.63) is 57.4 Å². The Morgan fingerprint density at radius 2 is 2.06 bits per heavy atom. The molecule has 0 radical (unpaired) electrons. The van der Waals surface area contributed by atoms with Gasteiger partial charge in [-0.2, -0.15) is 0 Å². The largest absolute Gasteiger partial charge is 0.459 e. The van der Waals surface area contributed by atoms with E-state index in [0.717, 1.165) is 25.9 Å². The van der Waals surface area contributed by atoms with Crippen molar-refractivity contribution in [2.45, 2.75) is 6.04 Å². The van der Waals surface area contributed by atoms with Crippen molar-refractivity contribution < 1.29 is 4.42 Å². The second kappa shape index (κ2) is 4.76. The number of rotatable bonds is 3. The lowest BCUT2D eigenvalue weighted by atomic mass is 10.1. The van der Waals surface area contributed by atoms with Gasteiger partial charge in [-0.05, 0) is 31.3 Å². The Labute approximate surface area is 114 Å². The molecule has 2 heterocycles. The Kier molecular flexibility index (Phi) is 3.12. The Morgan fingerprint density at radius 3 is 2.72 bits per heavy atom. The van der Waals surface area contributed by atoms with Gasteiger partial charge in [-0.3, -0.25) is 0 Å². The van der Waals surface area contributed by atoms with Gasteiger partial charge in [0.15, 0.2) is 0 Å². The minimum absolute atomic E-state index is 0.0508. The van der Waals surface area contributed by atoms with Crippen LogP contribution >= 0.6 is 22.9 Å². The monoisotopic (exact) mass is 277 g/mol. The summed E-state index contributed by atoms with van der Waals surface area (Å²) >= 11 is 7.56. The van der Waals surface area contributed by atoms with Crippen LogP contribution in [0.2, 0.25) is 4.34 Å². The number of halogens is 1. The Hall–Kier alpha value is -1.29. The molecule has 0 spiro atoms. The van der Waals surface area contributed by atoms with Gasteiger partial charge in [-0.1, -0.05) is 29.8 Å². The van der Waals surface area contributed by atoms with Crippen molar-refractivity contribution in [2.24, 2.45) is 0 Å². The molecule has 1 aromatic carbocycles. The van der Waals surface area contributed by atoms with E-state index in [2.05, 4.69) is 17.4 Å². The number of benzene rings is 1. The fraction of sp³-hybridized carbons (Fsp3) is 0.143. The number of nitrogens with one attached hydrogen (secondary N) is 1. The predicted octanol–water partition coefficient (Wildman–Crippen LogP) is 4.46. The lowest BCUT2D eigenvalue weighted by Gasteiger charge is -2.10. The van der Waals surface area contributed by atoms with Crippen LogP contribution in [0.3, 0.4) is 0 Å². The van der Waals surface area contributed by atoms with Crippen molar-refractivity contribution in [1.82, 2.24) is 5.32 Å². The Balaban J connectivity index is 2.05. The molecule has 3 aromatic rings. The normalized spacial score (nSPS) is 13.0. The van der Waals surface area contributed by atoms with Crippen molar-refractivity contribution in [3.63, 3.8) is 0 Å². The molecule has 0 amide bonds. The first-order valence-corrected chi connectivity index (χ1v) is 6.88. The van der Waals surface area contributed by atoms with E-state index in [1.165, 1.54) is 0 Å². The second-order valence-electron chi connectivity index (χ2n) is 4.05. The molecule has 0 saturated heterocycles. The van der Waals surface area contributed by atoms with Gasteiger partial charge in [0, 0.05) is 10.3 Å². The molecule has 3 rings (SSSR count). The maximum absolute atomic E-state index is 5.99. The molecule has 92 valence electrons. The molecule has 0 aliphatic heterocycles. The second-order valence-corrected chi connectivity index (χ2v) is 5.80. The van der Waals surface area contributed by atoms with Gasteiger partial charge in [0.2, 0.25) is 0 Å². The van der Waals surface area contributed by atoms with Crippen molar-refractivity contribution in [1.29, 1.82) is 0 Å². The molecule has 1 N–H and O–H groups in total. The highest BCUT2D eigenvalue weighted by Gasteiger charge is 2.18. The summed E-state index contributed by atoms with van der Waals surface area (Å²) in [5.74, 6) is 0.914. The van der Waals surface area contributed by atoms with Crippen LogP contribution in [-0.2, 0) is 0 Å². The average Bonchev–Trinajstić information content (AvgIpc) is 2.96. The fourth-order valence-corrected chi connectivity index (χ4v) is 3.23. The van der Waals surface area contributed by atoms with Crippen LogP contribution < -0.4 is 5.32 Å². The van der Waals surface area contributed by atoms with Gasteiger partial charge in [0.1, 0.15) is 17.4 Å². The van der Waals surface area contributed by atoms with Crippen LogP contribution in [0, 0.1) is 0 Å². The molecule has 0 aliphatic carbocycles. The van der Waals surface area contributed by atoms with E-state index in [1.807, 2.05) is 37.4 Å². The first-order valence-electron chi connectivity index (χ1n) is 5.69. The minimum atomic E-state index is 0.0508. The highest BCUT2D eigenvalue weighted by Crippen LogP contribution is 2.33. The molecular weight excluding hydrogens is 266 g/mol. The van der Waals surface area contributed by atoms with E-state index < -0.39 is 0 Å². The third-order valence-electron chi connectivity index (χ3n) is 2.90. The third-order valence-corrected chi connectivity index (χ3v) is 4.19. The van der Waals surface area contributed by atoms with Gasteiger partial charge < -0.3 is 9.73 Å².